The number of nitrogens with zero attached hydrogens (tertiary/aromatic N) is 1. The molecule has 0 aromatic carbocycles. The Bertz CT molecular complexity index is 294. The number of rotatable bonds is 5. The molecule has 0 spiro atoms. The fourth-order valence-corrected chi connectivity index (χ4v) is 0.915. The third-order valence-corrected chi connectivity index (χ3v) is 1.66. The number of pyridine rings is 1. The number of halogens is 1. The second-order valence-electron chi connectivity index (χ2n) is 2.71. The van der Waals surface area contributed by atoms with Gasteiger partial charge in [0.2, 0.25) is 0 Å². The SMILES string of the molecule is CNCCOc1cnc(CO)c(F)c1. The van der Waals surface area contributed by atoms with Crippen LogP contribution in [-0.2, 0) is 6.61 Å². The molecule has 0 aliphatic heterocycles. The second kappa shape index (κ2) is 5.51. The maximum atomic E-state index is 13.0. The van der Waals surface area contributed by atoms with Gasteiger partial charge in [0, 0.05) is 12.6 Å². The summed E-state index contributed by atoms with van der Waals surface area (Å²) in [6, 6.07) is 1.22. The molecule has 0 unspecified atom stereocenters. The first-order valence-electron chi connectivity index (χ1n) is 4.30. The van der Waals surface area contributed by atoms with Crippen LogP contribution in [0.5, 0.6) is 5.75 Å². The zero-order valence-corrected chi connectivity index (χ0v) is 7.96. The highest BCUT2D eigenvalue weighted by Gasteiger charge is 2.04. The molecule has 1 aromatic heterocycles. The maximum absolute atomic E-state index is 13.0. The quantitative estimate of drug-likeness (QED) is 0.672. The number of aliphatic hydroxyl groups excluding tert-OH is 1. The van der Waals surface area contributed by atoms with Gasteiger partial charge >= 0.3 is 0 Å². The highest BCUT2D eigenvalue weighted by atomic mass is 19.1. The number of nitrogens with one attached hydrogen (secondary N) is 1. The molecule has 4 nitrogen and oxygen atoms in total. The molecular formula is C9H13FN2O2. The summed E-state index contributed by atoms with van der Waals surface area (Å²) in [5.74, 6) is -0.176. The van der Waals surface area contributed by atoms with Crippen molar-refractivity contribution in [3.8, 4) is 5.75 Å². The summed E-state index contributed by atoms with van der Waals surface area (Å²) in [7, 11) is 1.80. The zero-order valence-electron chi connectivity index (χ0n) is 7.96. The Morgan fingerprint density at radius 3 is 3.00 bits per heavy atom. The monoisotopic (exact) mass is 200 g/mol. The van der Waals surface area contributed by atoms with E-state index in [2.05, 4.69) is 10.3 Å². The van der Waals surface area contributed by atoms with Crippen molar-refractivity contribution in [2.75, 3.05) is 20.2 Å². The zero-order chi connectivity index (χ0) is 10.4. The first kappa shape index (κ1) is 10.9. The van der Waals surface area contributed by atoms with Gasteiger partial charge in [-0.25, -0.2) is 4.39 Å². The number of hydrogen-bond acceptors (Lipinski definition) is 4. The lowest BCUT2D eigenvalue weighted by molar-refractivity contribution is 0.268. The summed E-state index contributed by atoms with van der Waals surface area (Å²) < 4.78 is 18.2. The molecule has 14 heavy (non-hydrogen) atoms. The molecule has 0 saturated carbocycles. The van der Waals surface area contributed by atoms with Crippen LogP contribution in [0.25, 0.3) is 0 Å². The predicted molar refractivity (Wildman–Crippen MR) is 49.5 cm³/mol. The van der Waals surface area contributed by atoms with Gasteiger partial charge in [0.1, 0.15) is 18.1 Å². The Hall–Kier alpha value is -1.20. The fourth-order valence-electron chi connectivity index (χ4n) is 0.915. The van der Waals surface area contributed by atoms with Gasteiger partial charge in [-0.1, -0.05) is 0 Å². The summed E-state index contributed by atoms with van der Waals surface area (Å²) in [5, 5.41) is 11.6. The van der Waals surface area contributed by atoms with Gasteiger partial charge in [-0.3, -0.25) is 4.98 Å². The van der Waals surface area contributed by atoms with Crippen LogP contribution in [0.1, 0.15) is 5.69 Å². The van der Waals surface area contributed by atoms with Crippen molar-refractivity contribution in [1.29, 1.82) is 0 Å². The van der Waals surface area contributed by atoms with Crippen molar-refractivity contribution in [2.24, 2.45) is 0 Å². The molecule has 1 aromatic rings. The van der Waals surface area contributed by atoms with Gasteiger partial charge < -0.3 is 15.2 Å². The predicted octanol–water partition coefficient (Wildman–Crippen LogP) is 0.311. The van der Waals surface area contributed by atoms with E-state index in [-0.39, 0.29) is 5.69 Å². The van der Waals surface area contributed by atoms with Crippen molar-refractivity contribution in [3.63, 3.8) is 0 Å². The molecule has 0 amide bonds. The van der Waals surface area contributed by atoms with E-state index < -0.39 is 12.4 Å². The Kier molecular flexibility index (Phi) is 4.28. The van der Waals surface area contributed by atoms with Gasteiger partial charge in [0.15, 0.2) is 5.82 Å². The van der Waals surface area contributed by atoms with Crippen LogP contribution in [0.15, 0.2) is 12.3 Å². The molecule has 78 valence electrons. The van der Waals surface area contributed by atoms with E-state index in [1.807, 2.05) is 0 Å². The summed E-state index contributed by atoms with van der Waals surface area (Å²) in [6.07, 6.45) is 1.39. The van der Waals surface area contributed by atoms with E-state index in [9.17, 15) is 4.39 Å². The lowest BCUT2D eigenvalue weighted by Gasteiger charge is -2.06. The maximum Gasteiger partial charge on any atom is 0.150 e. The molecular weight excluding hydrogens is 187 g/mol. The number of ether oxygens (including phenoxy) is 1. The summed E-state index contributed by atoms with van der Waals surface area (Å²) in [4.78, 5) is 3.71. The molecule has 5 heteroatoms. The van der Waals surface area contributed by atoms with Crippen LogP contribution in [0, 0.1) is 5.82 Å². The Balaban J connectivity index is 2.57. The van der Waals surface area contributed by atoms with E-state index in [1.165, 1.54) is 12.3 Å². The lowest BCUT2D eigenvalue weighted by atomic mass is 10.3. The molecule has 0 aliphatic rings. The van der Waals surface area contributed by atoms with Crippen molar-refractivity contribution < 1.29 is 14.2 Å². The first-order chi connectivity index (χ1) is 6.77. The summed E-state index contributed by atoms with van der Waals surface area (Å²) >= 11 is 0. The van der Waals surface area contributed by atoms with Crippen LogP contribution in [0.3, 0.4) is 0 Å². The van der Waals surface area contributed by atoms with Crippen molar-refractivity contribution in [2.45, 2.75) is 6.61 Å². The minimum absolute atomic E-state index is 0.0333. The minimum atomic E-state index is -0.547. The van der Waals surface area contributed by atoms with Crippen LogP contribution in [0.4, 0.5) is 4.39 Å². The number of aromatic nitrogens is 1. The van der Waals surface area contributed by atoms with Gasteiger partial charge in [-0.2, -0.15) is 0 Å². The van der Waals surface area contributed by atoms with Crippen LogP contribution in [0.2, 0.25) is 0 Å². The van der Waals surface area contributed by atoms with E-state index in [1.54, 1.807) is 7.05 Å². The number of likely N-dealkylation sites (N-methyl/N-ethyl adjacent to an activating group) is 1. The van der Waals surface area contributed by atoms with E-state index >= 15 is 0 Å². The largest absolute Gasteiger partial charge is 0.491 e. The molecule has 0 atom stereocenters. The first-order valence-corrected chi connectivity index (χ1v) is 4.30. The molecule has 2 N–H and O–H groups in total. The van der Waals surface area contributed by atoms with Crippen LogP contribution >= 0.6 is 0 Å². The van der Waals surface area contributed by atoms with Gasteiger partial charge in [-0.15, -0.1) is 0 Å². The molecule has 0 fully saturated rings. The number of aliphatic hydroxyl groups is 1. The summed E-state index contributed by atoms with van der Waals surface area (Å²) in [5.41, 5.74) is 0.0333. The van der Waals surface area contributed by atoms with Gasteiger partial charge in [-0.05, 0) is 7.05 Å². The van der Waals surface area contributed by atoms with Gasteiger partial charge in [0.25, 0.3) is 0 Å². The third-order valence-electron chi connectivity index (χ3n) is 1.66. The van der Waals surface area contributed by atoms with E-state index in [4.69, 9.17) is 9.84 Å². The highest BCUT2D eigenvalue weighted by molar-refractivity contribution is 5.21. The number of hydrogen-bond donors (Lipinski definition) is 2. The second-order valence-corrected chi connectivity index (χ2v) is 2.71. The Morgan fingerprint density at radius 2 is 2.43 bits per heavy atom. The van der Waals surface area contributed by atoms with Crippen molar-refractivity contribution in [1.82, 2.24) is 10.3 Å². The fraction of sp³-hybridized carbons (Fsp3) is 0.444. The van der Waals surface area contributed by atoms with E-state index in [0.29, 0.717) is 18.9 Å². The van der Waals surface area contributed by atoms with E-state index in [0.717, 1.165) is 0 Å². The molecule has 0 bridgehead atoms. The normalized spacial score (nSPS) is 10.2. The summed E-state index contributed by atoms with van der Waals surface area (Å²) in [6.45, 7) is 0.738. The topological polar surface area (TPSA) is 54.4 Å². The Morgan fingerprint density at radius 1 is 1.64 bits per heavy atom. The minimum Gasteiger partial charge on any atom is -0.491 e. The molecule has 1 heterocycles. The molecule has 0 aliphatic carbocycles. The lowest BCUT2D eigenvalue weighted by Crippen LogP contribution is -2.16. The average Bonchev–Trinajstić information content (AvgIpc) is 2.18. The standard InChI is InChI=1S/C9H13FN2O2/c1-11-2-3-14-7-4-8(10)9(6-13)12-5-7/h4-5,11,13H,2-3,6H2,1H3. The average molecular weight is 200 g/mol. The van der Waals surface area contributed by atoms with Crippen LogP contribution < -0.4 is 10.1 Å². The molecule has 1 rings (SSSR count). The smallest absolute Gasteiger partial charge is 0.150 e. The van der Waals surface area contributed by atoms with Crippen molar-refractivity contribution >= 4 is 0 Å². The van der Waals surface area contributed by atoms with Gasteiger partial charge in [0.05, 0.1) is 12.8 Å². The molecule has 0 radical (unpaired) electrons. The Labute approximate surface area is 81.7 Å². The third kappa shape index (κ3) is 2.93. The van der Waals surface area contributed by atoms with Crippen LogP contribution in [-0.4, -0.2) is 30.3 Å². The highest BCUT2D eigenvalue weighted by Crippen LogP contribution is 2.13. The molecule has 0 saturated heterocycles. The van der Waals surface area contributed by atoms with Crippen molar-refractivity contribution in [3.05, 3.63) is 23.8 Å².